The fourth-order valence-corrected chi connectivity index (χ4v) is 4.01. The van der Waals surface area contributed by atoms with Gasteiger partial charge in [0, 0.05) is 13.1 Å². The number of carbonyl (C=O) groups excluding carboxylic acids is 5. The summed E-state index contributed by atoms with van der Waals surface area (Å²) in [4.78, 5) is 74.3. The van der Waals surface area contributed by atoms with Gasteiger partial charge in [0.1, 0.15) is 18.5 Å². The zero-order chi connectivity index (χ0) is 28.6. The third-order valence-corrected chi connectivity index (χ3v) is 6.04. The van der Waals surface area contributed by atoms with Crippen LogP contribution >= 0.6 is 0 Å². The van der Waals surface area contributed by atoms with Crippen LogP contribution in [0.5, 0.6) is 0 Å². The van der Waals surface area contributed by atoms with Crippen LogP contribution in [0.25, 0.3) is 0 Å². The van der Waals surface area contributed by atoms with Crippen LogP contribution in [-0.4, -0.2) is 76.0 Å². The van der Waals surface area contributed by atoms with Crippen molar-refractivity contribution in [1.29, 1.82) is 0 Å². The van der Waals surface area contributed by atoms with Gasteiger partial charge in [-0.25, -0.2) is 0 Å². The van der Waals surface area contributed by atoms with E-state index in [1.165, 1.54) is 4.90 Å². The Labute approximate surface area is 218 Å². The normalized spacial score (nSPS) is 16.9. The van der Waals surface area contributed by atoms with Crippen molar-refractivity contribution < 1.29 is 42.7 Å². The maximum Gasteiger partial charge on any atom is 0.383 e. The second-order valence-corrected chi connectivity index (χ2v) is 9.39. The molecule has 2 rings (SSSR count). The average molecular weight is 539 g/mol. The Morgan fingerprint density at radius 2 is 1.68 bits per heavy atom. The monoisotopic (exact) mass is 538 g/mol. The van der Waals surface area contributed by atoms with Crippen molar-refractivity contribution in [3.8, 4) is 0 Å². The first-order valence-corrected chi connectivity index (χ1v) is 12.1. The average Bonchev–Trinajstić information content (AvgIpc) is 3.35. The molecule has 0 bridgehead atoms. The number of alkyl halides is 2. The number of amides is 4. The summed E-state index contributed by atoms with van der Waals surface area (Å²) in [6.45, 7) is 4.18. The molecule has 0 radical (unpaired) electrons. The molecule has 1 saturated heterocycles. The molecule has 0 spiro atoms. The molecule has 13 heteroatoms. The summed E-state index contributed by atoms with van der Waals surface area (Å²) in [7, 11) is 0. The lowest BCUT2D eigenvalue weighted by Gasteiger charge is -2.31. The van der Waals surface area contributed by atoms with Crippen molar-refractivity contribution in [2.75, 3.05) is 6.54 Å². The Morgan fingerprint density at radius 3 is 2.26 bits per heavy atom. The molecule has 0 aliphatic carbocycles. The van der Waals surface area contributed by atoms with Crippen molar-refractivity contribution in [3.63, 3.8) is 0 Å². The van der Waals surface area contributed by atoms with E-state index in [0.717, 1.165) is 6.92 Å². The van der Waals surface area contributed by atoms with Crippen LogP contribution in [0, 0.1) is 5.92 Å². The summed E-state index contributed by atoms with van der Waals surface area (Å²) in [5, 5.41) is 15.3. The highest BCUT2D eigenvalue weighted by Crippen LogP contribution is 2.22. The molecule has 0 saturated carbocycles. The first-order chi connectivity index (χ1) is 17.7. The van der Waals surface area contributed by atoms with Gasteiger partial charge in [-0.2, -0.15) is 8.78 Å². The third-order valence-electron chi connectivity index (χ3n) is 6.04. The molecule has 2 unspecified atom stereocenters. The lowest BCUT2D eigenvalue weighted by Crippen LogP contribution is -2.58. The summed E-state index contributed by atoms with van der Waals surface area (Å²) in [5.74, 6) is -12.2. The molecule has 1 aliphatic rings. The van der Waals surface area contributed by atoms with E-state index in [1.54, 1.807) is 44.2 Å². The highest BCUT2D eigenvalue weighted by atomic mass is 19.3. The minimum absolute atomic E-state index is 0.134. The zero-order valence-electron chi connectivity index (χ0n) is 21.3. The van der Waals surface area contributed by atoms with E-state index in [1.807, 2.05) is 5.32 Å². The van der Waals surface area contributed by atoms with E-state index < -0.39 is 71.8 Å². The van der Waals surface area contributed by atoms with Crippen molar-refractivity contribution in [2.24, 2.45) is 5.92 Å². The fraction of sp³-hybridized carbons (Fsp3) is 0.520. The van der Waals surface area contributed by atoms with Gasteiger partial charge in [0.2, 0.25) is 23.5 Å². The minimum atomic E-state index is -4.41. The van der Waals surface area contributed by atoms with Crippen molar-refractivity contribution in [3.05, 3.63) is 35.9 Å². The van der Waals surface area contributed by atoms with Gasteiger partial charge in [-0.05, 0) is 31.2 Å². The van der Waals surface area contributed by atoms with Gasteiger partial charge >= 0.3 is 11.9 Å². The maximum atomic E-state index is 14.5. The Hall–Kier alpha value is -3.90. The molecule has 1 aliphatic heterocycles. The van der Waals surface area contributed by atoms with Gasteiger partial charge in [-0.3, -0.25) is 28.8 Å². The number of hydrogen-bond acceptors (Lipinski definition) is 6. The molecule has 1 heterocycles. The largest absolute Gasteiger partial charge is 0.481 e. The number of benzene rings is 1. The van der Waals surface area contributed by atoms with E-state index in [0.29, 0.717) is 12.0 Å². The molecule has 11 nitrogen and oxygen atoms in total. The summed E-state index contributed by atoms with van der Waals surface area (Å²) in [5.41, 5.74) is 0.551. The molecule has 38 heavy (non-hydrogen) atoms. The van der Waals surface area contributed by atoms with E-state index in [2.05, 4.69) is 10.6 Å². The number of halogens is 2. The van der Waals surface area contributed by atoms with E-state index >= 15 is 0 Å². The van der Waals surface area contributed by atoms with Gasteiger partial charge in [-0.15, -0.1) is 0 Å². The fourth-order valence-electron chi connectivity index (χ4n) is 4.01. The van der Waals surface area contributed by atoms with Crippen molar-refractivity contribution in [2.45, 2.75) is 70.6 Å². The van der Waals surface area contributed by atoms with Crippen molar-refractivity contribution in [1.82, 2.24) is 20.9 Å². The summed E-state index contributed by atoms with van der Waals surface area (Å²) in [6.07, 6.45) is -0.258. The lowest BCUT2D eigenvalue weighted by molar-refractivity contribution is -0.160. The minimum Gasteiger partial charge on any atom is -0.481 e. The Morgan fingerprint density at radius 1 is 1.05 bits per heavy atom. The molecular weight excluding hydrogens is 506 g/mol. The lowest BCUT2D eigenvalue weighted by atomic mass is 10.0. The number of aliphatic carboxylic acids is 1. The quantitative estimate of drug-likeness (QED) is 0.284. The molecule has 208 valence electrons. The summed E-state index contributed by atoms with van der Waals surface area (Å²) >= 11 is 0. The molecule has 1 aromatic carbocycles. The van der Waals surface area contributed by atoms with E-state index in [-0.39, 0.29) is 19.5 Å². The van der Waals surface area contributed by atoms with E-state index in [4.69, 9.17) is 5.11 Å². The standard InChI is InChI=1S/C25H32F2N4O7/c1-14(2)20(30-18(32)12-19(33)34)23(37)31-11-7-10-17(31)22(36)29-15(3)21(35)25(26,27)24(38)28-13-16-8-5-4-6-9-16/h4-6,8-9,14-15,17,20H,7,10-13H2,1-3H3,(H,28,38)(H,29,36)(H,30,32)(H,33,34)/t15?,17?,20-/m0/s1. The summed E-state index contributed by atoms with van der Waals surface area (Å²) < 4.78 is 29.1. The van der Waals surface area contributed by atoms with Gasteiger partial charge in [0.05, 0.1) is 6.04 Å². The molecule has 1 fully saturated rings. The number of likely N-dealkylation sites (tertiary alicyclic amines) is 1. The highest BCUT2D eigenvalue weighted by molar-refractivity contribution is 6.10. The maximum absolute atomic E-state index is 14.5. The number of carboxylic acids is 1. The van der Waals surface area contributed by atoms with Crippen LogP contribution in [0.4, 0.5) is 8.78 Å². The van der Waals surface area contributed by atoms with Gasteiger partial charge < -0.3 is 26.0 Å². The third kappa shape index (κ3) is 7.80. The molecule has 4 N–H and O–H groups in total. The Kier molecular flexibility index (Phi) is 10.4. The van der Waals surface area contributed by atoms with Crippen molar-refractivity contribution >= 4 is 35.4 Å². The smallest absolute Gasteiger partial charge is 0.383 e. The summed E-state index contributed by atoms with van der Waals surface area (Å²) in [6, 6.07) is 4.29. The molecule has 0 aromatic heterocycles. The number of rotatable bonds is 12. The number of carboxylic acid groups (broad SMARTS) is 1. The van der Waals surface area contributed by atoms with Gasteiger partial charge in [0.25, 0.3) is 5.91 Å². The first-order valence-electron chi connectivity index (χ1n) is 12.1. The van der Waals surface area contributed by atoms with Crippen LogP contribution in [0.1, 0.15) is 45.6 Å². The van der Waals surface area contributed by atoms with Gasteiger partial charge in [0.15, 0.2) is 0 Å². The van der Waals surface area contributed by atoms with Gasteiger partial charge in [-0.1, -0.05) is 44.2 Å². The molecule has 4 amide bonds. The molecule has 1 aromatic rings. The van der Waals surface area contributed by atoms with Crippen LogP contribution in [0.15, 0.2) is 30.3 Å². The number of carbonyl (C=O) groups is 6. The Bertz CT molecular complexity index is 1070. The van der Waals surface area contributed by atoms with Crippen LogP contribution in [-0.2, 0) is 35.3 Å². The van der Waals surface area contributed by atoms with Crippen LogP contribution in [0.3, 0.4) is 0 Å². The SMILES string of the molecule is CC(NC(=O)C1CCCN1C(=O)[C@@H](NC(=O)CC(=O)O)C(C)C)C(=O)C(F)(F)C(=O)NCc1ccccc1. The molecular formula is C25H32F2N4O7. The first kappa shape index (κ1) is 30.3. The predicted octanol–water partition coefficient (Wildman–Crippen LogP) is 0.618. The number of Topliss-reactive ketones (excluding diaryl/α,β-unsaturated/α-hetero) is 1. The zero-order valence-corrected chi connectivity index (χ0v) is 21.3. The number of nitrogens with zero attached hydrogens (tertiary/aromatic N) is 1. The second-order valence-electron chi connectivity index (χ2n) is 9.39. The number of hydrogen-bond donors (Lipinski definition) is 4. The van der Waals surface area contributed by atoms with Crippen LogP contribution in [0.2, 0.25) is 0 Å². The van der Waals surface area contributed by atoms with Crippen LogP contribution < -0.4 is 16.0 Å². The number of ketones is 1. The Balaban J connectivity index is 2.03. The number of nitrogens with one attached hydrogen (secondary N) is 3. The second kappa shape index (κ2) is 13.1. The van der Waals surface area contributed by atoms with E-state index in [9.17, 15) is 37.5 Å². The predicted molar refractivity (Wildman–Crippen MR) is 130 cm³/mol. The molecule has 3 atom stereocenters. The highest BCUT2D eigenvalue weighted by Gasteiger charge is 2.50. The topological polar surface area (TPSA) is 162 Å².